The Morgan fingerprint density at radius 3 is 2.40 bits per heavy atom. The Balaban J connectivity index is 2.02. The number of fused-ring (bicyclic) bond motifs is 5. The first-order valence-electron chi connectivity index (χ1n) is 6.79. The van der Waals surface area contributed by atoms with Gasteiger partial charge in [0.25, 0.3) is 0 Å². The van der Waals surface area contributed by atoms with Crippen molar-refractivity contribution in [1.82, 2.24) is 5.32 Å². The first-order valence-corrected chi connectivity index (χ1v) is 6.79. The van der Waals surface area contributed by atoms with Crippen molar-refractivity contribution in [2.24, 2.45) is 9.98 Å². The molecule has 1 N–H and O–H groups in total. The van der Waals surface area contributed by atoms with Gasteiger partial charge >= 0.3 is 0 Å². The van der Waals surface area contributed by atoms with Crippen LogP contribution < -0.4 is 5.32 Å². The Hall–Kier alpha value is -2.42. The van der Waals surface area contributed by atoms with E-state index in [0.717, 1.165) is 18.1 Å². The molecule has 20 heavy (non-hydrogen) atoms. The Labute approximate surface area is 118 Å². The van der Waals surface area contributed by atoms with Crippen molar-refractivity contribution in [3.8, 4) is 11.1 Å². The summed E-state index contributed by atoms with van der Waals surface area (Å²) in [5, 5.41) is 3.31. The summed E-state index contributed by atoms with van der Waals surface area (Å²) < 4.78 is 0. The van der Waals surface area contributed by atoms with E-state index in [1.165, 1.54) is 33.4 Å². The van der Waals surface area contributed by atoms with Gasteiger partial charge in [-0.15, -0.1) is 0 Å². The largest absolute Gasteiger partial charge is 0.325 e. The molecule has 0 saturated heterocycles. The highest BCUT2D eigenvalue weighted by Crippen LogP contribution is 2.40. The number of nitrogens with zero attached hydrogens (tertiary/aromatic N) is 2. The number of nitrogens with one attached hydrogen (secondary N) is 1. The van der Waals surface area contributed by atoms with Gasteiger partial charge in [-0.25, -0.2) is 0 Å². The van der Waals surface area contributed by atoms with Crippen LogP contribution in [0, 0.1) is 0 Å². The van der Waals surface area contributed by atoms with Crippen LogP contribution in [0.4, 0.5) is 0 Å². The minimum atomic E-state index is 0.916. The van der Waals surface area contributed by atoms with Gasteiger partial charge in [-0.3, -0.25) is 9.98 Å². The highest BCUT2D eigenvalue weighted by Gasteiger charge is 2.30. The third-order valence-electron chi connectivity index (χ3n) is 4.16. The monoisotopic (exact) mass is 261 g/mol. The fourth-order valence-electron chi connectivity index (χ4n) is 3.27. The van der Waals surface area contributed by atoms with Gasteiger partial charge < -0.3 is 5.32 Å². The topological polar surface area (TPSA) is 36.8 Å². The van der Waals surface area contributed by atoms with Crippen molar-refractivity contribution in [3.05, 3.63) is 58.7 Å². The Morgan fingerprint density at radius 1 is 0.850 bits per heavy atom. The molecule has 2 aromatic carbocycles. The molecule has 0 atom stereocenters. The normalized spacial score (nSPS) is 18.9. The molecule has 1 aliphatic carbocycles. The van der Waals surface area contributed by atoms with Crippen LogP contribution in [0.3, 0.4) is 0 Å². The zero-order valence-corrected chi connectivity index (χ0v) is 11.6. The number of hydrogen-bond donors (Lipinski definition) is 1. The van der Waals surface area contributed by atoms with Gasteiger partial charge in [0, 0.05) is 25.2 Å². The fraction of sp³-hybridized carbons (Fsp3) is 0.176. The summed E-state index contributed by atoms with van der Waals surface area (Å²) in [6, 6.07) is 13.0. The van der Waals surface area contributed by atoms with Crippen molar-refractivity contribution in [1.29, 1.82) is 0 Å². The maximum absolute atomic E-state index is 4.39. The van der Waals surface area contributed by atoms with Crippen molar-refractivity contribution < 1.29 is 0 Å². The molecule has 0 saturated carbocycles. The predicted molar refractivity (Wildman–Crippen MR) is 82.7 cm³/mol. The van der Waals surface area contributed by atoms with Crippen LogP contribution in [0.15, 0.2) is 46.4 Å². The van der Waals surface area contributed by atoms with Crippen molar-refractivity contribution in [2.45, 2.75) is 6.42 Å². The smallest absolute Gasteiger partial charge is 0.134 e. The summed E-state index contributed by atoms with van der Waals surface area (Å²) >= 11 is 0. The molecular formula is C17H15N3. The van der Waals surface area contributed by atoms with Crippen molar-refractivity contribution >= 4 is 11.7 Å². The molecule has 1 aliphatic heterocycles. The van der Waals surface area contributed by atoms with Crippen molar-refractivity contribution in [3.63, 3.8) is 0 Å². The van der Waals surface area contributed by atoms with E-state index in [4.69, 9.17) is 0 Å². The molecule has 4 rings (SSSR count). The van der Waals surface area contributed by atoms with E-state index in [-0.39, 0.29) is 0 Å². The van der Waals surface area contributed by atoms with E-state index in [1.807, 2.05) is 14.1 Å². The van der Waals surface area contributed by atoms with E-state index >= 15 is 0 Å². The molecule has 1 heterocycles. The first kappa shape index (κ1) is 11.4. The second kappa shape index (κ2) is 4.04. The number of benzene rings is 2. The number of hydrogen-bond acceptors (Lipinski definition) is 2. The van der Waals surface area contributed by atoms with Gasteiger partial charge in [0.05, 0.1) is 0 Å². The molecule has 0 amide bonds. The third-order valence-corrected chi connectivity index (χ3v) is 4.16. The molecule has 3 nitrogen and oxygen atoms in total. The lowest BCUT2D eigenvalue weighted by Gasteiger charge is -2.06. The second-order valence-corrected chi connectivity index (χ2v) is 5.12. The summed E-state index contributed by atoms with van der Waals surface area (Å²) in [4.78, 5) is 8.72. The van der Waals surface area contributed by atoms with Gasteiger partial charge in [0.2, 0.25) is 0 Å². The second-order valence-electron chi connectivity index (χ2n) is 5.12. The van der Waals surface area contributed by atoms with E-state index in [2.05, 4.69) is 51.7 Å². The quantitative estimate of drug-likeness (QED) is 0.663. The highest BCUT2D eigenvalue weighted by atomic mass is 15.1. The van der Waals surface area contributed by atoms with Gasteiger partial charge in [0.15, 0.2) is 0 Å². The van der Waals surface area contributed by atoms with Crippen LogP contribution >= 0.6 is 0 Å². The van der Waals surface area contributed by atoms with Crippen LogP contribution in [0.5, 0.6) is 0 Å². The molecule has 2 aromatic rings. The molecule has 0 spiro atoms. The van der Waals surface area contributed by atoms with E-state index in [0.29, 0.717) is 0 Å². The van der Waals surface area contributed by atoms with E-state index in [1.54, 1.807) is 0 Å². The maximum Gasteiger partial charge on any atom is 0.134 e. The third kappa shape index (κ3) is 1.35. The predicted octanol–water partition coefficient (Wildman–Crippen LogP) is 2.61. The lowest BCUT2D eigenvalue weighted by Crippen LogP contribution is -2.22. The summed E-state index contributed by atoms with van der Waals surface area (Å²) in [5.41, 5.74) is 7.84. The van der Waals surface area contributed by atoms with Crippen molar-refractivity contribution in [2.75, 3.05) is 14.1 Å². The van der Waals surface area contributed by atoms with Crippen LogP contribution in [0.25, 0.3) is 11.1 Å². The van der Waals surface area contributed by atoms with Crippen LogP contribution in [0.2, 0.25) is 0 Å². The molecule has 0 fully saturated rings. The summed E-state index contributed by atoms with van der Waals surface area (Å²) in [6.45, 7) is 0. The standard InChI is InChI=1S/C17H15N3/c1-18-16-13-8-7-12-11-6-4-3-5-10(11)9-14(12)15(13)17(19-2)20-16/h3-8H,9H2,1-2H3,(H,18,19,20). The molecular weight excluding hydrogens is 246 g/mol. The van der Waals surface area contributed by atoms with Gasteiger partial charge in [-0.2, -0.15) is 0 Å². The lowest BCUT2D eigenvalue weighted by molar-refractivity contribution is 1.24. The van der Waals surface area contributed by atoms with Gasteiger partial charge in [-0.05, 0) is 34.7 Å². The minimum Gasteiger partial charge on any atom is -0.325 e. The Bertz CT molecular complexity index is 785. The minimum absolute atomic E-state index is 0.916. The zero-order valence-electron chi connectivity index (χ0n) is 11.6. The molecule has 2 aliphatic rings. The molecule has 0 aromatic heterocycles. The summed E-state index contributed by atoms with van der Waals surface area (Å²) in [7, 11) is 3.64. The fourth-order valence-corrected chi connectivity index (χ4v) is 3.27. The SMILES string of the molecule is CN=C1NC(=NC)c2c1ccc1c2Cc2ccccc2-1. The number of aliphatic imine (C=N–C) groups is 2. The zero-order chi connectivity index (χ0) is 13.7. The van der Waals surface area contributed by atoms with Crippen LogP contribution in [-0.2, 0) is 6.42 Å². The Morgan fingerprint density at radius 2 is 1.60 bits per heavy atom. The van der Waals surface area contributed by atoms with E-state index in [9.17, 15) is 0 Å². The average Bonchev–Trinajstić information content (AvgIpc) is 3.04. The van der Waals surface area contributed by atoms with Crippen LogP contribution in [0.1, 0.15) is 22.3 Å². The maximum atomic E-state index is 4.39. The first-order chi connectivity index (χ1) is 9.83. The highest BCUT2D eigenvalue weighted by molar-refractivity contribution is 6.26. The number of rotatable bonds is 0. The molecule has 98 valence electrons. The average molecular weight is 261 g/mol. The lowest BCUT2D eigenvalue weighted by atomic mass is 9.97. The molecule has 0 radical (unpaired) electrons. The van der Waals surface area contributed by atoms with Gasteiger partial charge in [0.1, 0.15) is 11.7 Å². The summed E-state index contributed by atoms with van der Waals surface area (Å²) in [5.74, 6) is 1.85. The van der Waals surface area contributed by atoms with Gasteiger partial charge in [-0.1, -0.05) is 30.3 Å². The molecule has 0 bridgehead atoms. The number of amidine groups is 2. The van der Waals surface area contributed by atoms with Crippen LogP contribution in [-0.4, -0.2) is 25.8 Å². The van der Waals surface area contributed by atoms with E-state index < -0.39 is 0 Å². The summed E-state index contributed by atoms with van der Waals surface area (Å²) in [6.07, 6.45) is 0.979. The molecule has 0 unspecified atom stereocenters. The molecule has 3 heteroatoms. The Kier molecular flexibility index (Phi) is 2.30.